The molecule has 1 aromatic rings. The van der Waals surface area contributed by atoms with Gasteiger partial charge in [0.25, 0.3) is 5.91 Å². The van der Waals surface area contributed by atoms with Gasteiger partial charge in [-0.2, -0.15) is 11.8 Å². The number of carbonyl (C=O) groups excluding carboxylic acids is 1. The van der Waals surface area contributed by atoms with Crippen LogP contribution in [0.2, 0.25) is 0 Å². The van der Waals surface area contributed by atoms with Crippen molar-refractivity contribution >= 4 is 23.4 Å². The lowest BCUT2D eigenvalue weighted by atomic mass is 10.2. The Morgan fingerprint density at radius 2 is 2.17 bits per heavy atom. The third-order valence-electron chi connectivity index (χ3n) is 2.97. The molecule has 0 atom stereocenters. The quantitative estimate of drug-likeness (QED) is 0.799. The fourth-order valence-electron chi connectivity index (χ4n) is 1.93. The molecule has 2 rings (SSSR count). The zero-order chi connectivity index (χ0) is 12.8. The fourth-order valence-corrected chi connectivity index (χ4v) is 2.91. The van der Waals surface area contributed by atoms with Gasteiger partial charge in [-0.15, -0.1) is 0 Å². The van der Waals surface area contributed by atoms with Gasteiger partial charge in [-0.05, 0) is 18.2 Å². The van der Waals surface area contributed by atoms with Crippen LogP contribution in [-0.2, 0) is 0 Å². The van der Waals surface area contributed by atoms with Gasteiger partial charge in [0.15, 0.2) is 0 Å². The minimum absolute atomic E-state index is 0.0475. The van der Waals surface area contributed by atoms with E-state index in [1.54, 1.807) is 24.3 Å². The molecular formula is C13H19N3OS. The van der Waals surface area contributed by atoms with Crippen molar-refractivity contribution in [2.24, 2.45) is 0 Å². The minimum Gasteiger partial charge on any atom is -0.399 e. The molecule has 0 bridgehead atoms. The van der Waals surface area contributed by atoms with Crippen molar-refractivity contribution in [2.75, 3.05) is 43.4 Å². The van der Waals surface area contributed by atoms with E-state index < -0.39 is 0 Å². The third-order valence-corrected chi connectivity index (χ3v) is 3.91. The average Bonchev–Trinajstić information content (AvgIpc) is 2.40. The van der Waals surface area contributed by atoms with Crippen molar-refractivity contribution in [3.05, 3.63) is 29.8 Å². The molecule has 0 saturated carbocycles. The number of anilines is 1. The summed E-state index contributed by atoms with van der Waals surface area (Å²) in [6, 6.07) is 7.06. The van der Waals surface area contributed by atoms with E-state index in [1.807, 2.05) is 11.8 Å². The maximum absolute atomic E-state index is 11.8. The topological polar surface area (TPSA) is 58.4 Å². The van der Waals surface area contributed by atoms with Crippen molar-refractivity contribution in [1.29, 1.82) is 0 Å². The van der Waals surface area contributed by atoms with Crippen LogP contribution >= 0.6 is 11.8 Å². The second kappa shape index (κ2) is 6.66. The molecule has 18 heavy (non-hydrogen) atoms. The van der Waals surface area contributed by atoms with Crippen molar-refractivity contribution < 1.29 is 4.79 Å². The van der Waals surface area contributed by atoms with Crippen LogP contribution in [0.1, 0.15) is 10.4 Å². The van der Waals surface area contributed by atoms with Crippen molar-refractivity contribution in [3.8, 4) is 0 Å². The molecule has 0 spiro atoms. The molecule has 0 aliphatic carbocycles. The van der Waals surface area contributed by atoms with Gasteiger partial charge in [0.1, 0.15) is 0 Å². The Kier molecular flexibility index (Phi) is 4.90. The number of carbonyl (C=O) groups is 1. The summed E-state index contributed by atoms with van der Waals surface area (Å²) in [4.78, 5) is 14.2. The minimum atomic E-state index is -0.0475. The Morgan fingerprint density at radius 3 is 2.89 bits per heavy atom. The van der Waals surface area contributed by atoms with Crippen LogP contribution in [0.4, 0.5) is 5.69 Å². The van der Waals surface area contributed by atoms with Gasteiger partial charge in [0.05, 0.1) is 0 Å². The number of thioether (sulfide) groups is 1. The molecule has 1 amide bonds. The van der Waals surface area contributed by atoms with Gasteiger partial charge >= 0.3 is 0 Å². The molecule has 0 unspecified atom stereocenters. The summed E-state index contributed by atoms with van der Waals surface area (Å²) < 4.78 is 0. The molecule has 1 aliphatic heterocycles. The molecule has 1 heterocycles. The SMILES string of the molecule is Nc1cccc(C(=O)NCCN2CCSCC2)c1. The summed E-state index contributed by atoms with van der Waals surface area (Å²) in [5.41, 5.74) is 6.90. The first-order valence-electron chi connectivity index (χ1n) is 6.19. The predicted octanol–water partition coefficient (Wildman–Crippen LogP) is 1.05. The number of amides is 1. The van der Waals surface area contributed by atoms with E-state index >= 15 is 0 Å². The highest BCUT2D eigenvalue weighted by molar-refractivity contribution is 7.99. The van der Waals surface area contributed by atoms with Gasteiger partial charge in [0, 0.05) is 48.9 Å². The number of nitrogen functional groups attached to an aromatic ring is 1. The lowest BCUT2D eigenvalue weighted by Gasteiger charge is -2.25. The van der Waals surface area contributed by atoms with Crippen molar-refractivity contribution in [1.82, 2.24) is 10.2 Å². The Labute approximate surface area is 112 Å². The fraction of sp³-hybridized carbons (Fsp3) is 0.462. The molecule has 5 heteroatoms. The van der Waals surface area contributed by atoms with E-state index in [9.17, 15) is 4.79 Å². The average molecular weight is 265 g/mol. The molecule has 1 aliphatic rings. The van der Waals surface area contributed by atoms with Crippen LogP contribution in [0.5, 0.6) is 0 Å². The lowest BCUT2D eigenvalue weighted by molar-refractivity contribution is 0.0949. The van der Waals surface area contributed by atoms with Gasteiger partial charge in [0.2, 0.25) is 0 Å². The second-order valence-electron chi connectivity index (χ2n) is 4.34. The molecule has 98 valence electrons. The first-order valence-corrected chi connectivity index (χ1v) is 7.35. The van der Waals surface area contributed by atoms with Crippen molar-refractivity contribution in [2.45, 2.75) is 0 Å². The Balaban J connectivity index is 1.74. The lowest BCUT2D eigenvalue weighted by Crippen LogP contribution is -2.39. The smallest absolute Gasteiger partial charge is 0.251 e. The van der Waals surface area contributed by atoms with Gasteiger partial charge < -0.3 is 11.1 Å². The zero-order valence-electron chi connectivity index (χ0n) is 10.4. The van der Waals surface area contributed by atoms with E-state index in [0.29, 0.717) is 17.8 Å². The molecule has 4 nitrogen and oxygen atoms in total. The first-order chi connectivity index (χ1) is 8.75. The summed E-state index contributed by atoms with van der Waals surface area (Å²) in [6.45, 7) is 3.87. The van der Waals surface area contributed by atoms with Gasteiger partial charge in [-0.25, -0.2) is 0 Å². The van der Waals surface area contributed by atoms with Gasteiger partial charge in [-0.1, -0.05) is 6.07 Å². The normalized spacial score (nSPS) is 16.4. The Bertz CT molecular complexity index is 405. The second-order valence-corrected chi connectivity index (χ2v) is 5.56. The molecular weight excluding hydrogens is 246 g/mol. The summed E-state index contributed by atoms with van der Waals surface area (Å²) >= 11 is 1.99. The summed E-state index contributed by atoms with van der Waals surface area (Å²) in [7, 11) is 0. The number of rotatable bonds is 4. The van der Waals surface area contributed by atoms with E-state index in [0.717, 1.165) is 19.6 Å². The number of benzene rings is 1. The highest BCUT2D eigenvalue weighted by Crippen LogP contribution is 2.08. The standard InChI is InChI=1S/C13H19N3OS/c14-12-3-1-2-11(10-12)13(17)15-4-5-16-6-8-18-9-7-16/h1-3,10H,4-9,14H2,(H,15,17). The van der Waals surface area contributed by atoms with Crippen LogP contribution in [0.25, 0.3) is 0 Å². The number of hydrogen-bond donors (Lipinski definition) is 2. The van der Waals surface area contributed by atoms with Crippen LogP contribution in [0, 0.1) is 0 Å². The molecule has 1 aromatic carbocycles. The van der Waals surface area contributed by atoms with E-state index in [-0.39, 0.29) is 5.91 Å². The van der Waals surface area contributed by atoms with Crippen LogP contribution < -0.4 is 11.1 Å². The maximum Gasteiger partial charge on any atom is 0.251 e. The molecule has 0 aromatic heterocycles. The first kappa shape index (κ1) is 13.2. The monoisotopic (exact) mass is 265 g/mol. The number of nitrogens with one attached hydrogen (secondary N) is 1. The Morgan fingerprint density at radius 1 is 1.39 bits per heavy atom. The van der Waals surface area contributed by atoms with Crippen molar-refractivity contribution in [3.63, 3.8) is 0 Å². The van der Waals surface area contributed by atoms with Gasteiger partial charge in [-0.3, -0.25) is 9.69 Å². The number of nitrogens with zero attached hydrogens (tertiary/aromatic N) is 1. The van der Waals surface area contributed by atoms with E-state index in [4.69, 9.17) is 5.73 Å². The van der Waals surface area contributed by atoms with Crippen LogP contribution in [-0.4, -0.2) is 48.5 Å². The predicted molar refractivity (Wildman–Crippen MR) is 77.0 cm³/mol. The molecule has 3 N–H and O–H groups in total. The number of nitrogens with two attached hydrogens (primary N) is 1. The molecule has 0 radical (unpaired) electrons. The summed E-state index contributed by atoms with van der Waals surface area (Å²) in [5, 5.41) is 2.93. The highest BCUT2D eigenvalue weighted by atomic mass is 32.2. The summed E-state index contributed by atoms with van der Waals surface area (Å²) in [6.07, 6.45) is 0. The van der Waals surface area contributed by atoms with Crippen LogP contribution in [0.3, 0.4) is 0 Å². The zero-order valence-corrected chi connectivity index (χ0v) is 11.2. The Hall–Kier alpha value is -1.20. The van der Waals surface area contributed by atoms with E-state index in [1.165, 1.54) is 11.5 Å². The molecule has 1 fully saturated rings. The van der Waals surface area contributed by atoms with E-state index in [2.05, 4.69) is 10.2 Å². The largest absolute Gasteiger partial charge is 0.399 e. The third kappa shape index (κ3) is 3.92. The number of hydrogen-bond acceptors (Lipinski definition) is 4. The molecule has 1 saturated heterocycles. The van der Waals surface area contributed by atoms with Crippen LogP contribution in [0.15, 0.2) is 24.3 Å². The summed E-state index contributed by atoms with van der Waals surface area (Å²) in [5.74, 6) is 2.35. The highest BCUT2D eigenvalue weighted by Gasteiger charge is 2.10. The maximum atomic E-state index is 11.8.